The van der Waals surface area contributed by atoms with Crippen molar-refractivity contribution in [3.63, 3.8) is 0 Å². The maximum atomic E-state index is 9.13. The number of rotatable bonds is 7. The molecule has 0 radical (unpaired) electrons. The van der Waals surface area contributed by atoms with Crippen LogP contribution in [0.2, 0.25) is 0 Å². The summed E-state index contributed by atoms with van der Waals surface area (Å²) in [6, 6.07) is 16.0. The van der Waals surface area contributed by atoms with Gasteiger partial charge in [0, 0.05) is 12.8 Å². The van der Waals surface area contributed by atoms with Gasteiger partial charge in [-0.15, -0.1) is 10.2 Å². The molecule has 2 aromatic heterocycles. The van der Waals surface area contributed by atoms with Crippen molar-refractivity contribution in [1.82, 2.24) is 20.0 Å². The van der Waals surface area contributed by atoms with E-state index in [0.29, 0.717) is 11.6 Å². The summed E-state index contributed by atoms with van der Waals surface area (Å²) in [5, 5.41) is 25.3. The van der Waals surface area contributed by atoms with Crippen molar-refractivity contribution in [2.45, 2.75) is 25.8 Å². The molecule has 0 fully saturated rings. The van der Waals surface area contributed by atoms with E-state index in [0.717, 1.165) is 18.5 Å². The van der Waals surface area contributed by atoms with Gasteiger partial charge in [0.25, 0.3) is 0 Å². The fourth-order valence-corrected chi connectivity index (χ4v) is 2.55. The number of hydrogen-bond acceptors (Lipinski definition) is 5. The van der Waals surface area contributed by atoms with Crippen molar-refractivity contribution in [3.8, 4) is 5.82 Å². The van der Waals surface area contributed by atoms with E-state index in [1.807, 2.05) is 49.5 Å². The van der Waals surface area contributed by atoms with Gasteiger partial charge in [-0.1, -0.05) is 30.3 Å². The number of nitrogens with one attached hydrogen (secondary N) is 1. The van der Waals surface area contributed by atoms with Crippen molar-refractivity contribution in [2.75, 3.05) is 11.9 Å². The fourth-order valence-electron chi connectivity index (χ4n) is 2.55. The Labute approximate surface area is 141 Å². The smallest absolute Gasteiger partial charge is 0.175 e. The van der Waals surface area contributed by atoms with E-state index in [2.05, 4.69) is 32.7 Å². The number of benzene rings is 1. The van der Waals surface area contributed by atoms with Crippen LogP contribution in [0.15, 0.2) is 54.7 Å². The molecule has 0 aliphatic heterocycles. The summed E-state index contributed by atoms with van der Waals surface area (Å²) in [5.74, 6) is 1.38. The van der Waals surface area contributed by atoms with Crippen LogP contribution >= 0.6 is 0 Å². The third-order valence-corrected chi connectivity index (χ3v) is 3.78. The fraction of sp³-hybridized carbons (Fsp3) is 0.278. The van der Waals surface area contributed by atoms with Crippen LogP contribution < -0.4 is 5.32 Å². The van der Waals surface area contributed by atoms with Gasteiger partial charge in [0.05, 0.1) is 11.7 Å². The second kappa shape index (κ2) is 7.70. The Kier molecular flexibility index (Phi) is 5.18. The van der Waals surface area contributed by atoms with Crippen molar-refractivity contribution in [2.24, 2.45) is 0 Å². The molecule has 0 aliphatic rings. The molecule has 0 aliphatic carbocycles. The summed E-state index contributed by atoms with van der Waals surface area (Å²) in [4.78, 5) is 0. The number of hydrogen-bond donors (Lipinski definition) is 2. The summed E-state index contributed by atoms with van der Waals surface area (Å²) >= 11 is 0. The summed E-state index contributed by atoms with van der Waals surface area (Å²) in [5.41, 5.74) is 2.10. The number of aliphatic hydroxyl groups excluding tert-OH is 1. The second-order valence-corrected chi connectivity index (χ2v) is 5.65. The lowest BCUT2D eigenvalue weighted by Gasteiger charge is -2.19. The van der Waals surface area contributed by atoms with Gasteiger partial charge in [-0.25, -0.2) is 4.68 Å². The lowest BCUT2D eigenvalue weighted by Crippen LogP contribution is -2.13. The quantitative estimate of drug-likeness (QED) is 0.699. The van der Waals surface area contributed by atoms with Crippen molar-refractivity contribution in [3.05, 3.63) is 66.0 Å². The Balaban J connectivity index is 1.74. The number of aryl methyl sites for hydroxylation is 1. The van der Waals surface area contributed by atoms with Gasteiger partial charge in [-0.3, -0.25) is 0 Å². The maximum Gasteiger partial charge on any atom is 0.175 e. The van der Waals surface area contributed by atoms with E-state index in [9.17, 15) is 0 Å². The topological polar surface area (TPSA) is 75.9 Å². The molecule has 24 heavy (non-hydrogen) atoms. The molecular weight excluding hydrogens is 302 g/mol. The van der Waals surface area contributed by atoms with E-state index < -0.39 is 0 Å². The molecule has 3 aromatic rings. The number of aliphatic hydroxyl groups is 1. The Hall–Kier alpha value is -2.73. The molecule has 0 amide bonds. The summed E-state index contributed by atoms with van der Waals surface area (Å²) in [6.45, 7) is 2.11. The zero-order valence-corrected chi connectivity index (χ0v) is 13.6. The monoisotopic (exact) mass is 323 g/mol. The number of anilines is 1. The number of aromatic nitrogens is 4. The number of nitrogens with zero attached hydrogens (tertiary/aromatic N) is 4. The molecule has 1 aromatic carbocycles. The first-order valence-electron chi connectivity index (χ1n) is 8.05. The molecule has 1 atom stereocenters. The molecule has 6 nitrogen and oxygen atoms in total. The van der Waals surface area contributed by atoms with Crippen LogP contribution in [0.3, 0.4) is 0 Å². The zero-order chi connectivity index (χ0) is 16.8. The molecular formula is C18H21N5O. The molecule has 2 N–H and O–H groups in total. The summed E-state index contributed by atoms with van der Waals surface area (Å²) < 4.78 is 1.70. The first-order chi connectivity index (χ1) is 11.8. The average Bonchev–Trinajstić information content (AvgIpc) is 3.06. The van der Waals surface area contributed by atoms with E-state index in [4.69, 9.17) is 5.11 Å². The van der Waals surface area contributed by atoms with Gasteiger partial charge in [0.15, 0.2) is 5.82 Å². The van der Waals surface area contributed by atoms with Crippen LogP contribution in [0, 0.1) is 6.92 Å². The van der Waals surface area contributed by atoms with Crippen LogP contribution in [0.4, 0.5) is 5.82 Å². The molecule has 0 spiro atoms. The summed E-state index contributed by atoms with van der Waals surface area (Å²) in [6.07, 6.45) is 3.41. The summed E-state index contributed by atoms with van der Waals surface area (Å²) in [7, 11) is 0. The molecule has 124 valence electrons. The van der Waals surface area contributed by atoms with Gasteiger partial charge < -0.3 is 10.4 Å². The minimum absolute atomic E-state index is 0.0884. The molecule has 0 bridgehead atoms. The highest BCUT2D eigenvalue weighted by Crippen LogP contribution is 2.22. The van der Waals surface area contributed by atoms with Crippen LogP contribution in [-0.2, 0) is 0 Å². The molecule has 1 unspecified atom stereocenters. The van der Waals surface area contributed by atoms with Crippen LogP contribution in [-0.4, -0.2) is 31.7 Å². The molecule has 2 heterocycles. The van der Waals surface area contributed by atoms with Crippen molar-refractivity contribution in [1.29, 1.82) is 0 Å². The van der Waals surface area contributed by atoms with Crippen molar-refractivity contribution < 1.29 is 5.11 Å². The first-order valence-corrected chi connectivity index (χ1v) is 8.05. The largest absolute Gasteiger partial charge is 0.396 e. The van der Waals surface area contributed by atoms with E-state index in [1.165, 1.54) is 5.56 Å². The second-order valence-electron chi connectivity index (χ2n) is 5.65. The Bertz CT molecular complexity index is 755. The van der Waals surface area contributed by atoms with Crippen LogP contribution in [0.5, 0.6) is 0 Å². The minimum atomic E-state index is 0.0884. The molecule has 0 saturated carbocycles. The van der Waals surface area contributed by atoms with Gasteiger partial charge >= 0.3 is 0 Å². The Morgan fingerprint density at radius 2 is 1.92 bits per heavy atom. The van der Waals surface area contributed by atoms with Gasteiger partial charge in [0.1, 0.15) is 5.82 Å². The average molecular weight is 323 g/mol. The predicted octanol–water partition coefficient (Wildman–Crippen LogP) is 2.90. The maximum absolute atomic E-state index is 9.13. The highest BCUT2D eigenvalue weighted by Gasteiger charge is 2.12. The first kappa shape index (κ1) is 16.1. The SMILES string of the molecule is Cc1ccn(-c2ccc(NC(CCCO)c3ccccc3)nn2)n1. The lowest BCUT2D eigenvalue weighted by molar-refractivity contribution is 0.281. The highest BCUT2D eigenvalue weighted by molar-refractivity contribution is 5.39. The highest BCUT2D eigenvalue weighted by atomic mass is 16.2. The lowest BCUT2D eigenvalue weighted by atomic mass is 10.0. The van der Waals surface area contributed by atoms with E-state index in [1.54, 1.807) is 4.68 Å². The van der Waals surface area contributed by atoms with E-state index >= 15 is 0 Å². The van der Waals surface area contributed by atoms with Crippen molar-refractivity contribution >= 4 is 5.82 Å². The zero-order valence-electron chi connectivity index (χ0n) is 13.6. The van der Waals surface area contributed by atoms with Crippen LogP contribution in [0.25, 0.3) is 5.82 Å². The minimum Gasteiger partial charge on any atom is -0.396 e. The molecule has 6 heteroatoms. The van der Waals surface area contributed by atoms with Gasteiger partial charge in [-0.2, -0.15) is 5.10 Å². The molecule has 3 rings (SSSR count). The predicted molar refractivity (Wildman–Crippen MR) is 93.0 cm³/mol. The van der Waals surface area contributed by atoms with Gasteiger partial charge in [-0.05, 0) is 43.5 Å². The molecule has 0 saturated heterocycles. The van der Waals surface area contributed by atoms with Gasteiger partial charge in [0.2, 0.25) is 0 Å². The normalized spacial score (nSPS) is 12.1. The third-order valence-electron chi connectivity index (χ3n) is 3.78. The Morgan fingerprint density at radius 3 is 2.54 bits per heavy atom. The Morgan fingerprint density at radius 1 is 1.08 bits per heavy atom. The third kappa shape index (κ3) is 3.97. The van der Waals surface area contributed by atoms with Crippen LogP contribution in [0.1, 0.15) is 30.1 Å². The standard InChI is InChI=1S/C18H21N5O/c1-14-11-12-23(22-14)18-10-9-17(20-21-18)19-16(8-5-13-24)15-6-3-2-4-7-15/h2-4,6-7,9-12,16,24H,5,8,13H2,1H3,(H,19,20). The van der Waals surface area contributed by atoms with E-state index in [-0.39, 0.29) is 12.6 Å².